The van der Waals surface area contributed by atoms with Gasteiger partial charge >= 0.3 is 0 Å². The van der Waals surface area contributed by atoms with Gasteiger partial charge in [-0.1, -0.05) is 26.0 Å². The molecule has 0 atom stereocenters. The van der Waals surface area contributed by atoms with Crippen LogP contribution in [0.1, 0.15) is 28.4 Å². The predicted octanol–water partition coefficient (Wildman–Crippen LogP) is 4.34. The maximum atomic E-state index is 13.1. The molecular weight excluding hydrogens is 347 g/mol. The number of carbonyl (C=O) groups excluding carboxylic acids is 1. The number of hydrogen-bond acceptors (Lipinski definition) is 3. The van der Waals surface area contributed by atoms with Gasteiger partial charge in [0.15, 0.2) is 0 Å². The van der Waals surface area contributed by atoms with Gasteiger partial charge in [-0.15, -0.1) is 23.7 Å². The quantitative estimate of drug-likeness (QED) is 0.850. The number of halogens is 2. The number of carbonyl (C=O) groups is 1. The van der Waals surface area contributed by atoms with Crippen LogP contribution in [-0.4, -0.2) is 30.9 Å². The third-order valence-corrected chi connectivity index (χ3v) is 4.89. The van der Waals surface area contributed by atoms with Crippen molar-refractivity contribution in [1.82, 2.24) is 4.90 Å². The Morgan fingerprint density at radius 3 is 2.42 bits per heavy atom. The van der Waals surface area contributed by atoms with Gasteiger partial charge in [-0.3, -0.25) is 4.79 Å². The Kier molecular flexibility index (Phi) is 6.96. The first-order chi connectivity index (χ1) is 10.7. The van der Waals surface area contributed by atoms with E-state index in [9.17, 15) is 9.18 Å². The van der Waals surface area contributed by atoms with E-state index < -0.39 is 0 Å². The second-order valence-corrected chi connectivity index (χ2v) is 7.87. The lowest BCUT2D eigenvalue weighted by Crippen LogP contribution is -2.39. The highest BCUT2D eigenvalue weighted by molar-refractivity contribution is 7.14. The number of thiophene rings is 1. The van der Waals surface area contributed by atoms with E-state index in [0.717, 1.165) is 16.0 Å². The molecule has 132 valence electrons. The van der Waals surface area contributed by atoms with Crippen LogP contribution in [0.2, 0.25) is 0 Å². The normalized spacial score (nSPS) is 11.1. The number of nitrogens with two attached hydrogens (primary N) is 1. The van der Waals surface area contributed by atoms with Crippen LogP contribution in [-0.2, 0) is 0 Å². The van der Waals surface area contributed by atoms with E-state index in [1.54, 1.807) is 24.1 Å². The van der Waals surface area contributed by atoms with E-state index in [1.165, 1.54) is 23.5 Å². The SMILES string of the molecule is Cc1sc(C(=O)N(C)CC(C)(C)CN)cc1-c1ccc(F)cc1.Cl. The lowest BCUT2D eigenvalue weighted by molar-refractivity contribution is 0.0745. The van der Waals surface area contributed by atoms with Crippen molar-refractivity contribution in [3.05, 3.63) is 45.9 Å². The molecule has 0 saturated heterocycles. The molecule has 24 heavy (non-hydrogen) atoms. The number of amides is 1. The summed E-state index contributed by atoms with van der Waals surface area (Å²) in [6, 6.07) is 8.23. The fourth-order valence-electron chi connectivity index (χ4n) is 2.47. The van der Waals surface area contributed by atoms with Crippen LogP contribution in [0.4, 0.5) is 4.39 Å². The second-order valence-electron chi connectivity index (χ2n) is 6.62. The average Bonchev–Trinajstić information content (AvgIpc) is 2.88. The van der Waals surface area contributed by atoms with Gasteiger partial charge < -0.3 is 10.6 Å². The molecule has 0 spiro atoms. The summed E-state index contributed by atoms with van der Waals surface area (Å²) in [5.41, 5.74) is 7.53. The molecule has 0 radical (unpaired) electrons. The van der Waals surface area contributed by atoms with Crippen molar-refractivity contribution in [3.63, 3.8) is 0 Å². The van der Waals surface area contributed by atoms with Crippen molar-refractivity contribution in [2.75, 3.05) is 20.1 Å². The molecule has 0 aliphatic heterocycles. The van der Waals surface area contributed by atoms with E-state index in [2.05, 4.69) is 0 Å². The molecule has 2 N–H and O–H groups in total. The predicted molar refractivity (Wildman–Crippen MR) is 101 cm³/mol. The highest BCUT2D eigenvalue weighted by atomic mass is 35.5. The summed E-state index contributed by atoms with van der Waals surface area (Å²) in [6.45, 7) is 7.19. The summed E-state index contributed by atoms with van der Waals surface area (Å²) in [5, 5.41) is 0. The van der Waals surface area contributed by atoms with Crippen LogP contribution in [0.15, 0.2) is 30.3 Å². The lowest BCUT2D eigenvalue weighted by Gasteiger charge is -2.28. The second kappa shape index (κ2) is 8.10. The van der Waals surface area contributed by atoms with Crippen molar-refractivity contribution in [2.45, 2.75) is 20.8 Å². The number of hydrogen-bond donors (Lipinski definition) is 1. The molecule has 0 saturated carbocycles. The summed E-state index contributed by atoms with van der Waals surface area (Å²) in [4.78, 5) is 16.1. The van der Waals surface area contributed by atoms with Crippen molar-refractivity contribution < 1.29 is 9.18 Å². The molecule has 2 rings (SSSR count). The Morgan fingerprint density at radius 2 is 1.88 bits per heavy atom. The minimum atomic E-state index is -0.262. The van der Waals surface area contributed by atoms with Crippen molar-refractivity contribution in [2.24, 2.45) is 11.1 Å². The first-order valence-electron chi connectivity index (χ1n) is 7.55. The van der Waals surface area contributed by atoms with E-state index in [1.807, 2.05) is 26.8 Å². The topological polar surface area (TPSA) is 46.3 Å². The fourth-order valence-corrected chi connectivity index (χ4v) is 3.51. The van der Waals surface area contributed by atoms with E-state index in [-0.39, 0.29) is 29.5 Å². The fraction of sp³-hybridized carbons (Fsp3) is 0.389. The molecule has 1 aromatic heterocycles. The number of nitrogens with zero attached hydrogens (tertiary/aromatic N) is 1. The molecule has 0 unspecified atom stereocenters. The maximum Gasteiger partial charge on any atom is 0.263 e. The van der Waals surface area contributed by atoms with Crippen LogP contribution in [0.3, 0.4) is 0 Å². The van der Waals surface area contributed by atoms with Gasteiger partial charge in [0.25, 0.3) is 5.91 Å². The first-order valence-corrected chi connectivity index (χ1v) is 8.37. The zero-order valence-corrected chi connectivity index (χ0v) is 16.1. The standard InChI is InChI=1S/C18H23FN2OS.ClH/c1-12-15(13-5-7-14(19)8-6-13)9-16(23-12)17(22)21(4)11-18(2,3)10-20;/h5-9H,10-11,20H2,1-4H3;1H. The van der Waals surface area contributed by atoms with E-state index in [4.69, 9.17) is 5.73 Å². The zero-order chi connectivity index (χ0) is 17.2. The van der Waals surface area contributed by atoms with Gasteiger partial charge in [0.1, 0.15) is 5.82 Å². The van der Waals surface area contributed by atoms with Crippen LogP contribution in [0.25, 0.3) is 11.1 Å². The van der Waals surface area contributed by atoms with Crippen LogP contribution in [0.5, 0.6) is 0 Å². The van der Waals surface area contributed by atoms with Gasteiger partial charge in [-0.05, 0) is 48.2 Å². The average molecular weight is 371 g/mol. The van der Waals surface area contributed by atoms with Crippen LogP contribution >= 0.6 is 23.7 Å². The molecule has 1 aromatic carbocycles. The zero-order valence-electron chi connectivity index (χ0n) is 14.4. The van der Waals surface area contributed by atoms with E-state index in [0.29, 0.717) is 18.0 Å². The number of aryl methyl sites for hydroxylation is 1. The molecule has 2 aromatic rings. The summed E-state index contributed by atoms with van der Waals surface area (Å²) in [6.07, 6.45) is 0. The Hall–Kier alpha value is -1.43. The molecule has 0 aliphatic carbocycles. The Morgan fingerprint density at radius 1 is 1.29 bits per heavy atom. The molecule has 1 amide bonds. The molecule has 0 bridgehead atoms. The number of benzene rings is 1. The monoisotopic (exact) mass is 370 g/mol. The Labute approximate surface area is 153 Å². The van der Waals surface area contributed by atoms with Crippen LogP contribution in [0, 0.1) is 18.2 Å². The molecule has 3 nitrogen and oxygen atoms in total. The van der Waals surface area contributed by atoms with Gasteiger partial charge in [-0.2, -0.15) is 0 Å². The Balaban J connectivity index is 0.00000288. The molecule has 1 heterocycles. The van der Waals surface area contributed by atoms with Gasteiger partial charge in [0, 0.05) is 18.5 Å². The molecular formula is C18H24ClFN2OS. The van der Waals surface area contributed by atoms with Crippen molar-refractivity contribution in [3.8, 4) is 11.1 Å². The van der Waals surface area contributed by atoms with Crippen molar-refractivity contribution in [1.29, 1.82) is 0 Å². The van der Waals surface area contributed by atoms with Crippen molar-refractivity contribution >= 4 is 29.7 Å². The minimum Gasteiger partial charge on any atom is -0.340 e. The Bertz CT molecular complexity index is 698. The largest absolute Gasteiger partial charge is 0.340 e. The summed E-state index contributed by atoms with van der Waals surface area (Å²) >= 11 is 1.47. The van der Waals surface area contributed by atoms with Gasteiger partial charge in [-0.25, -0.2) is 4.39 Å². The third-order valence-electron chi connectivity index (χ3n) is 3.85. The number of rotatable bonds is 5. The highest BCUT2D eigenvalue weighted by Gasteiger charge is 2.23. The highest BCUT2D eigenvalue weighted by Crippen LogP contribution is 2.32. The molecule has 0 aliphatic rings. The van der Waals surface area contributed by atoms with E-state index >= 15 is 0 Å². The maximum absolute atomic E-state index is 13.1. The van der Waals surface area contributed by atoms with Gasteiger partial charge in [0.2, 0.25) is 0 Å². The van der Waals surface area contributed by atoms with Gasteiger partial charge in [0.05, 0.1) is 4.88 Å². The molecule has 0 fully saturated rings. The summed E-state index contributed by atoms with van der Waals surface area (Å²) in [7, 11) is 1.80. The summed E-state index contributed by atoms with van der Waals surface area (Å²) < 4.78 is 13.1. The smallest absolute Gasteiger partial charge is 0.263 e. The summed E-state index contributed by atoms with van der Waals surface area (Å²) in [5.74, 6) is -0.269. The lowest BCUT2D eigenvalue weighted by atomic mass is 9.93. The first kappa shape index (κ1) is 20.6. The third kappa shape index (κ3) is 4.79. The molecule has 6 heteroatoms. The minimum absolute atomic E-state index is 0. The van der Waals surface area contributed by atoms with Crippen LogP contribution < -0.4 is 5.73 Å².